The first kappa shape index (κ1) is 9.31. The molecule has 66 valence electrons. The average Bonchev–Trinajstić information content (AvgIpc) is 2.00. The third-order valence-corrected chi connectivity index (χ3v) is 1.97. The van der Waals surface area contributed by atoms with Crippen LogP contribution in [0.15, 0.2) is 10.7 Å². The molecule has 0 saturated carbocycles. The Kier molecular flexibility index (Phi) is 2.56. The number of halogens is 4. The van der Waals surface area contributed by atoms with Gasteiger partial charge in [0.1, 0.15) is 5.69 Å². The molecule has 0 aliphatic rings. The van der Waals surface area contributed by atoms with Gasteiger partial charge in [0.2, 0.25) is 0 Å². The van der Waals surface area contributed by atoms with E-state index >= 15 is 0 Å². The summed E-state index contributed by atoms with van der Waals surface area (Å²) in [5.41, 5.74) is 4.18. The summed E-state index contributed by atoms with van der Waals surface area (Å²) >= 11 is 2.63. The lowest BCUT2D eigenvalue weighted by Crippen LogP contribution is -1.99. The maximum Gasteiger partial charge on any atom is 0.281 e. The summed E-state index contributed by atoms with van der Waals surface area (Å²) in [6, 6.07) is 0. The zero-order valence-corrected chi connectivity index (χ0v) is 7.28. The lowest BCUT2D eigenvalue weighted by molar-refractivity contribution is 0.144. The predicted molar refractivity (Wildman–Crippen MR) is 41.3 cm³/mol. The Bertz CT molecular complexity index is 303. The zero-order chi connectivity index (χ0) is 9.30. The number of alkyl halides is 2. The number of anilines is 1. The van der Waals surface area contributed by atoms with Crippen molar-refractivity contribution in [2.24, 2.45) is 0 Å². The minimum Gasteiger partial charge on any atom is -0.395 e. The number of pyridine rings is 1. The smallest absolute Gasteiger partial charge is 0.281 e. The van der Waals surface area contributed by atoms with E-state index in [-0.39, 0.29) is 10.2 Å². The largest absolute Gasteiger partial charge is 0.395 e. The molecule has 2 N–H and O–H groups in total. The molecule has 1 aromatic rings. The Labute approximate surface area is 74.7 Å². The second kappa shape index (κ2) is 3.30. The van der Waals surface area contributed by atoms with Gasteiger partial charge in [0.15, 0.2) is 5.82 Å². The fourth-order valence-corrected chi connectivity index (χ4v) is 1.15. The van der Waals surface area contributed by atoms with Gasteiger partial charge in [-0.25, -0.2) is 13.2 Å². The quantitative estimate of drug-likeness (QED) is 0.820. The molecule has 0 atom stereocenters. The van der Waals surface area contributed by atoms with Crippen molar-refractivity contribution in [2.75, 3.05) is 5.73 Å². The van der Waals surface area contributed by atoms with E-state index in [9.17, 15) is 13.2 Å². The maximum absolute atomic E-state index is 12.8. The molecule has 0 radical (unpaired) electrons. The highest BCUT2D eigenvalue weighted by atomic mass is 79.9. The van der Waals surface area contributed by atoms with E-state index < -0.39 is 17.9 Å². The Morgan fingerprint density at radius 1 is 1.50 bits per heavy atom. The number of nitrogen functional groups attached to an aromatic ring is 1. The molecule has 1 rings (SSSR count). The number of hydrogen-bond acceptors (Lipinski definition) is 2. The van der Waals surface area contributed by atoms with Gasteiger partial charge < -0.3 is 5.73 Å². The van der Waals surface area contributed by atoms with Crippen molar-refractivity contribution in [2.45, 2.75) is 6.43 Å². The molecular formula is C6H4BrF3N2. The number of rotatable bonds is 1. The van der Waals surface area contributed by atoms with Gasteiger partial charge in [-0.05, 0) is 15.9 Å². The van der Waals surface area contributed by atoms with Crippen LogP contribution in [0, 0.1) is 5.82 Å². The van der Waals surface area contributed by atoms with Crippen LogP contribution in [0.3, 0.4) is 0 Å². The summed E-state index contributed by atoms with van der Waals surface area (Å²) in [6.45, 7) is 0. The van der Waals surface area contributed by atoms with Crippen LogP contribution in [-0.2, 0) is 0 Å². The summed E-state index contributed by atoms with van der Waals surface area (Å²) in [7, 11) is 0. The van der Waals surface area contributed by atoms with Gasteiger partial charge >= 0.3 is 0 Å². The number of hydrogen-bond donors (Lipinski definition) is 1. The zero-order valence-electron chi connectivity index (χ0n) is 5.69. The third-order valence-electron chi connectivity index (χ3n) is 1.22. The first-order valence-corrected chi connectivity index (χ1v) is 3.71. The molecule has 0 fully saturated rings. The van der Waals surface area contributed by atoms with Gasteiger partial charge in [-0.2, -0.15) is 0 Å². The molecule has 0 spiro atoms. The molecule has 0 amide bonds. The van der Waals surface area contributed by atoms with Crippen LogP contribution in [0.2, 0.25) is 0 Å². The first-order chi connectivity index (χ1) is 5.54. The molecular weight excluding hydrogens is 237 g/mol. The van der Waals surface area contributed by atoms with E-state index in [1.807, 2.05) is 0 Å². The molecule has 0 aliphatic heterocycles. The summed E-state index contributed by atoms with van der Waals surface area (Å²) < 4.78 is 36.5. The second-order valence-corrected chi connectivity index (χ2v) is 2.82. The highest BCUT2D eigenvalue weighted by Crippen LogP contribution is 2.29. The van der Waals surface area contributed by atoms with Crippen LogP contribution < -0.4 is 5.73 Å². The van der Waals surface area contributed by atoms with Crippen LogP contribution in [0.4, 0.5) is 18.9 Å². The van der Waals surface area contributed by atoms with Crippen LogP contribution in [0.1, 0.15) is 12.1 Å². The Hall–Kier alpha value is -0.780. The Morgan fingerprint density at radius 3 is 2.58 bits per heavy atom. The van der Waals surface area contributed by atoms with E-state index in [1.165, 1.54) is 0 Å². The Morgan fingerprint density at radius 2 is 2.08 bits per heavy atom. The standard InChI is InChI=1S/C6H4BrF3N2/c7-3-4(8)2(11)1-12-5(3)6(9)10/h1,6H,11H2. The SMILES string of the molecule is Nc1cnc(C(F)F)c(Br)c1F. The van der Waals surface area contributed by atoms with Gasteiger partial charge in [0.05, 0.1) is 16.4 Å². The fraction of sp³-hybridized carbons (Fsp3) is 0.167. The molecule has 6 heteroatoms. The molecule has 1 heterocycles. The molecule has 0 unspecified atom stereocenters. The molecule has 0 saturated heterocycles. The van der Waals surface area contributed by atoms with Crippen molar-refractivity contribution in [1.82, 2.24) is 4.98 Å². The van der Waals surface area contributed by atoms with E-state index in [0.29, 0.717) is 0 Å². The average molecular weight is 241 g/mol. The summed E-state index contributed by atoms with van der Waals surface area (Å²) in [5, 5.41) is 0. The highest BCUT2D eigenvalue weighted by molar-refractivity contribution is 9.10. The summed E-state index contributed by atoms with van der Waals surface area (Å²) in [6.07, 6.45) is -1.95. The Balaban J connectivity index is 3.27. The van der Waals surface area contributed by atoms with Crippen molar-refractivity contribution in [3.63, 3.8) is 0 Å². The van der Waals surface area contributed by atoms with Crippen molar-refractivity contribution in [1.29, 1.82) is 0 Å². The molecule has 0 aromatic carbocycles. The molecule has 0 bridgehead atoms. The molecule has 2 nitrogen and oxygen atoms in total. The number of nitrogens with zero attached hydrogens (tertiary/aromatic N) is 1. The number of aromatic nitrogens is 1. The van der Waals surface area contributed by atoms with Gasteiger partial charge in [-0.3, -0.25) is 4.98 Å². The summed E-state index contributed by atoms with van der Waals surface area (Å²) in [5.74, 6) is -0.902. The van der Waals surface area contributed by atoms with E-state index in [4.69, 9.17) is 5.73 Å². The van der Waals surface area contributed by atoms with Crippen LogP contribution >= 0.6 is 15.9 Å². The van der Waals surface area contributed by atoms with Crippen molar-refractivity contribution in [3.05, 3.63) is 22.2 Å². The van der Waals surface area contributed by atoms with Gasteiger partial charge in [0, 0.05) is 0 Å². The fourth-order valence-electron chi connectivity index (χ4n) is 0.644. The normalized spacial score (nSPS) is 10.8. The van der Waals surface area contributed by atoms with Gasteiger partial charge in [0.25, 0.3) is 6.43 Å². The van der Waals surface area contributed by atoms with E-state index in [1.54, 1.807) is 0 Å². The third kappa shape index (κ3) is 1.52. The lowest BCUT2D eigenvalue weighted by atomic mass is 10.3. The first-order valence-electron chi connectivity index (χ1n) is 2.91. The minimum atomic E-state index is -2.81. The molecule has 0 aliphatic carbocycles. The molecule has 12 heavy (non-hydrogen) atoms. The van der Waals surface area contributed by atoms with Crippen LogP contribution in [0.5, 0.6) is 0 Å². The topological polar surface area (TPSA) is 38.9 Å². The van der Waals surface area contributed by atoms with Gasteiger partial charge in [-0.15, -0.1) is 0 Å². The predicted octanol–water partition coefficient (Wildman–Crippen LogP) is 2.50. The minimum absolute atomic E-state index is 0.258. The van der Waals surface area contributed by atoms with E-state index in [0.717, 1.165) is 6.20 Å². The van der Waals surface area contributed by atoms with Crippen molar-refractivity contribution < 1.29 is 13.2 Å². The van der Waals surface area contributed by atoms with Crippen molar-refractivity contribution in [3.8, 4) is 0 Å². The van der Waals surface area contributed by atoms with Crippen LogP contribution in [0.25, 0.3) is 0 Å². The molecule has 1 aromatic heterocycles. The summed E-state index contributed by atoms with van der Waals surface area (Å²) in [4.78, 5) is 3.28. The highest BCUT2D eigenvalue weighted by Gasteiger charge is 2.17. The monoisotopic (exact) mass is 240 g/mol. The maximum atomic E-state index is 12.8. The number of nitrogens with two attached hydrogens (primary N) is 1. The van der Waals surface area contributed by atoms with Gasteiger partial charge in [-0.1, -0.05) is 0 Å². The van der Waals surface area contributed by atoms with E-state index in [2.05, 4.69) is 20.9 Å². The van der Waals surface area contributed by atoms with Crippen molar-refractivity contribution >= 4 is 21.6 Å². The van der Waals surface area contributed by atoms with Crippen LogP contribution in [-0.4, -0.2) is 4.98 Å². The lowest BCUT2D eigenvalue weighted by Gasteiger charge is -2.04. The second-order valence-electron chi connectivity index (χ2n) is 2.03.